The van der Waals surface area contributed by atoms with Crippen molar-refractivity contribution in [2.75, 3.05) is 27.7 Å². The summed E-state index contributed by atoms with van der Waals surface area (Å²) in [4.78, 5) is 13.9. The van der Waals surface area contributed by atoms with Crippen LogP contribution in [0.25, 0.3) is 0 Å². The third kappa shape index (κ3) is 4.51. The van der Waals surface area contributed by atoms with Crippen LogP contribution in [0.2, 0.25) is 0 Å². The average molecular weight is 279 g/mol. The molecule has 1 unspecified atom stereocenters. The smallest absolute Gasteiger partial charge is 0.239 e. The molecule has 1 aromatic carbocycles. The van der Waals surface area contributed by atoms with Crippen molar-refractivity contribution in [3.63, 3.8) is 0 Å². The summed E-state index contributed by atoms with van der Waals surface area (Å²) in [6.45, 7) is 3.90. The predicted octanol–water partition coefficient (Wildman–Crippen LogP) is 1.15. The second-order valence-corrected chi connectivity index (χ2v) is 5.68. The van der Waals surface area contributed by atoms with Crippen LogP contribution in [0.3, 0.4) is 0 Å². The number of hydrogen-bond acceptors (Lipinski definition) is 4. The van der Waals surface area contributed by atoms with Gasteiger partial charge in [0, 0.05) is 6.54 Å². The SMILES string of the molecule is COc1ccc(C(CNC(=O)C(C)(C)N)N(C)C)cc1. The maximum absolute atomic E-state index is 11.8. The monoisotopic (exact) mass is 279 g/mol. The summed E-state index contributed by atoms with van der Waals surface area (Å²) in [7, 11) is 5.60. The van der Waals surface area contributed by atoms with Crippen molar-refractivity contribution in [1.82, 2.24) is 10.2 Å². The molecule has 0 fully saturated rings. The Hall–Kier alpha value is -1.59. The fourth-order valence-electron chi connectivity index (χ4n) is 1.84. The van der Waals surface area contributed by atoms with E-state index in [2.05, 4.69) is 10.2 Å². The largest absolute Gasteiger partial charge is 0.497 e. The predicted molar refractivity (Wildman–Crippen MR) is 80.7 cm³/mol. The highest BCUT2D eigenvalue weighted by Gasteiger charge is 2.23. The minimum atomic E-state index is -0.864. The minimum absolute atomic E-state index is 0.0900. The Labute approximate surface area is 121 Å². The van der Waals surface area contributed by atoms with Crippen LogP contribution in [-0.4, -0.2) is 44.1 Å². The van der Waals surface area contributed by atoms with Crippen molar-refractivity contribution in [2.45, 2.75) is 25.4 Å². The Kier molecular flexibility index (Phi) is 5.53. The lowest BCUT2D eigenvalue weighted by molar-refractivity contribution is -0.125. The molecule has 0 aliphatic carbocycles. The quantitative estimate of drug-likeness (QED) is 0.820. The zero-order chi connectivity index (χ0) is 15.3. The first-order chi connectivity index (χ1) is 9.25. The van der Waals surface area contributed by atoms with Gasteiger partial charge in [-0.15, -0.1) is 0 Å². The zero-order valence-corrected chi connectivity index (χ0v) is 12.9. The van der Waals surface area contributed by atoms with Crippen LogP contribution in [0.15, 0.2) is 24.3 Å². The number of carbonyl (C=O) groups is 1. The number of nitrogens with two attached hydrogens (primary N) is 1. The van der Waals surface area contributed by atoms with E-state index in [4.69, 9.17) is 10.5 Å². The van der Waals surface area contributed by atoms with Gasteiger partial charge in [-0.2, -0.15) is 0 Å². The maximum Gasteiger partial charge on any atom is 0.239 e. The van der Waals surface area contributed by atoms with E-state index < -0.39 is 5.54 Å². The van der Waals surface area contributed by atoms with Crippen LogP contribution in [0.5, 0.6) is 5.75 Å². The molecule has 0 radical (unpaired) electrons. The molecule has 5 heteroatoms. The van der Waals surface area contributed by atoms with Crippen LogP contribution >= 0.6 is 0 Å². The molecule has 1 amide bonds. The number of nitrogens with zero attached hydrogens (tertiary/aromatic N) is 1. The van der Waals surface area contributed by atoms with E-state index in [-0.39, 0.29) is 11.9 Å². The fourth-order valence-corrected chi connectivity index (χ4v) is 1.84. The van der Waals surface area contributed by atoms with Crippen LogP contribution < -0.4 is 15.8 Å². The van der Waals surface area contributed by atoms with Gasteiger partial charge in [-0.25, -0.2) is 0 Å². The summed E-state index contributed by atoms with van der Waals surface area (Å²) in [6.07, 6.45) is 0. The van der Waals surface area contributed by atoms with Gasteiger partial charge in [0.05, 0.1) is 18.7 Å². The average Bonchev–Trinajstić information content (AvgIpc) is 2.38. The molecular formula is C15H25N3O2. The molecule has 0 aliphatic rings. The van der Waals surface area contributed by atoms with Gasteiger partial charge in [-0.1, -0.05) is 12.1 Å². The Morgan fingerprint density at radius 2 is 1.90 bits per heavy atom. The molecule has 20 heavy (non-hydrogen) atoms. The number of rotatable bonds is 6. The third-order valence-corrected chi connectivity index (χ3v) is 3.17. The Morgan fingerprint density at radius 3 is 2.30 bits per heavy atom. The molecule has 3 N–H and O–H groups in total. The normalized spacial score (nSPS) is 13.2. The summed E-state index contributed by atoms with van der Waals surface area (Å²) >= 11 is 0. The van der Waals surface area contributed by atoms with Gasteiger partial charge in [0.25, 0.3) is 0 Å². The van der Waals surface area contributed by atoms with Gasteiger partial charge in [0.1, 0.15) is 5.75 Å². The Morgan fingerprint density at radius 1 is 1.35 bits per heavy atom. The molecule has 0 aliphatic heterocycles. The summed E-state index contributed by atoms with van der Waals surface area (Å²) < 4.78 is 5.15. The molecule has 1 atom stereocenters. The molecule has 0 saturated carbocycles. The van der Waals surface area contributed by atoms with E-state index in [9.17, 15) is 4.79 Å². The summed E-state index contributed by atoms with van der Waals surface area (Å²) in [5.41, 5.74) is 6.03. The number of likely N-dealkylation sites (N-methyl/N-ethyl adjacent to an activating group) is 1. The number of carbonyl (C=O) groups excluding carboxylic acids is 1. The van der Waals surface area contributed by atoms with E-state index in [1.54, 1.807) is 21.0 Å². The molecule has 0 heterocycles. The number of nitrogens with one attached hydrogen (secondary N) is 1. The first kappa shape index (κ1) is 16.5. The number of hydrogen-bond donors (Lipinski definition) is 2. The molecule has 112 valence electrons. The standard InChI is InChI=1S/C15H25N3O2/c1-15(2,16)14(19)17-10-13(18(3)4)11-6-8-12(20-5)9-7-11/h6-9,13H,10,16H2,1-5H3,(H,17,19). The molecule has 0 spiro atoms. The summed E-state index contributed by atoms with van der Waals surface area (Å²) in [5, 5.41) is 2.89. The zero-order valence-electron chi connectivity index (χ0n) is 12.9. The van der Waals surface area contributed by atoms with Crippen molar-refractivity contribution in [3.05, 3.63) is 29.8 Å². The molecule has 1 aromatic rings. The summed E-state index contributed by atoms with van der Waals surface area (Å²) in [6, 6.07) is 7.93. The van der Waals surface area contributed by atoms with Gasteiger partial charge in [-0.05, 0) is 45.6 Å². The molecule has 1 rings (SSSR count). The lowest BCUT2D eigenvalue weighted by Crippen LogP contribution is -2.50. The van der Waals surface area contributed by atoms with Gasteiger partial charge in [0.2, 0.25) is 5.91 Å². The molecule has 0 saturated heterocycles. The van der Waals surface area contributed by atoms with Crippen molar-refractivity contribution >= 4 is 5.91 Å². The second kappa shape index (κ2) is 6.72. The van der Waals surface area contributed by atoms with Crippen molar-refractivity contribution in [2.24, 2.45) is 5.73 Å². The third-order valence-electron chi connectivity index (χ3n) is 3.17. The highest BCUT2D eigenvalue weighted by atomic mass is 16.5. The van der Waals surface area contributed by atoms with Crippen molar-refractivity contribution < 1.29 is 9.53 Å². The van der Waals surface area contributed by atoms with Gasteiger partial charge in [-0.3, -0.25) is 4.79 Å². The number of amides is 1. The van der Waals surface area contributed by atoms with Crippen LogP contribution in [0, 0.1) is 0 Å². The minimum Gasteiger partial charge on any atom is -0.497 e. The molecule has 0 aromatic heterocycles. The molecule has 0 bridgehead atoms. The first-order valence-corrected chi connectivity index (χ1v) is 6.63. The Bertz CT molecular complexity index is 435. The Balaban J connectivity index is 2.76. The first-order valence-electron chi connectivity index (χ1n) is 6.63. The molecular weight excluding hydrogens is 254 g/mol. The lowest BCUT2D eigenvalue weighted by Gasteiger charge is -2.27. The topological polar surface area (TPSA) is 67.6 Å². The van der Waals surface area contributed by atoms with Gasteiger partial charge in [0.15, 0.2) is 0 Å². The van der Waals surface area contributed by atoms with E-state index in [0.29, 0.717) is 6.54 Å². The van der Waals surface area contributed by atoms with Crippen molar-refractivity contribution in [1.29, 1.82) is 0 Å². The molecule has 5 nitrogen and oxygen atoms in total. The highest BCUT2D eigenvalue weighted by Crippen LogP contribution is 2.20. The maximum atomic E-state index is 11.8. The van der Waals surface area contributed by atoms with E-state index in [0.717, 1.165) is 11.3 Å². The van der Waals surface area contributed by atoms with Crippen LogP contribution in [0.4, 0.5) is 0 Å². The highest BCUT2D eigenvalue weighted by molar-refractivity contribution is 5.85. The second-order valence-electron chi connectivity index (χ2n) is 5.68. The fraction of sp³-hybridized carbons (Fsp3) is 0.533. The number of benzene rings is 1. The van der Waals surface area contributed by atoms with E-state index >= 15 is 0 Å². The lowest BCUT2D eigenvalue weighted by atomic mass is 10.0. The van der Waals surface area contributed by atoms with Crippen molar-refractivity contribution in [3.8, 4) is 5.75 Å². The summed E-state index contributed by atoms with van der Waals surface area (Å²) in [5.74, 6) is 0.663. The van der Waals surface area contributed by atoms with Crippen LogP contribution in [-0.2, 0) is 4.79 Å². The van der Waals surface area contributed by atoms with Gasteiger partial charge < -0.3 is 20.7 Å². The number of ether oxygens (including phenoxy) is 1. The van der Waals surface area contributed by atoms with Crippen LogP contribution in [0.1, 0.15) is 25.5 Å². The number of methoxy groups -OCH3 is 1. The van der Waals surface area contributed by atoms with E-state index in [1.807, 2.05) is 38.4 Å². The van der Waals surface area contributed by atoms with Gasteiger partial charge >= 0.3 is 0 Å². The van der Waals surface area contributed by atoms with E-state index in [1.165, 1.54) is 0 Å².